The second-order valence-electron chi connectivity index (χ2n) is 12.9. The van der Waals surface area contributed by atoms with Crippen molar-refractivity contribution in [1.29, 1.82) is 0 Å². The molecule has 0 aliphatic heterocycles. The van der Waals surface area contributed by atoms with E-state index in [4.69, 9.17) is 0 Å². The molecule has 0 unspecified atom stereocenters. The standard InChI is InChI=1S/C44H24N2S/c1-2-11-25(12-3-1)33-23-26-13-8-17-31-34-24-38(47-44(34)46-35-20-7-6-16-32(35)40(33)43(46)39(26)31)45-36-21-9-18-29-27-14-4-5-15-28(27)30-19-10-22-37(45)42(30)41(29)36/h1-24H. The van der Waals surface area contributed by atoms with Gasteiger partial charge in [0.25, 0.3) is 0 Å². The first-order valence-corrected chi connectivity index (χ1v) is 17.0. The molecule has 0 fully saturated rings. The van der Waals surface area contributed by atoms with Crippen LogP contribution in [0.1, 0.15) is 0 Å². The van der Waals surface area contributed by atoms with Crippen LogP contribution in [0.15, 0.2) is 146 Å². The van der Waals surface area contributed by atoms with E-state index in [0.717, 1.165) is 0 Å². The topological polar surface area (TPSA) is 9.34 Å². The number of fused-ring (bicyclic) bond motifs is 9. The Morgan fingerprint density at radius 3 is 1.70 bits per heavy atom. The quantitative estimate of drug-likeness (QED) is 0.172. The lowest BCUT2D eigenvalue weighted by Crippen LogP contribution is -1.90. The fourth-order valence-electron chi connectivity index (χ4n) is 8.80. The lowest BCUT2D eigenvalue weighted by Gasteiger charge is -2.13. The van der Waals surface area contributed by atoms with Crippen LogP contribution in [0.4, 0.5) is 0 Å². The molecule has 8 aromatic carbocycles. The SMILES string of the molecule is c1ccc(-c2cc3cccc4c5cc(-n6c7cccc8c9ccccc9c9cccc6c9c87)sc5n5c6ccccc6c2c5c34)cc1. The van der Waals surface area contributed by atoms with E-state index in [9.17, 15) is 0 Å². The Hall–Kier alpha value is -5.90. The normalized spacial score (nSPS) is 12.7. The van der Waals surface area contributed by atoms with Crippen LogP contribution >= 0.6 is 11.3 Å². The number of hydrogen-bond donors (Lipinski definition) is 0. The zero-order valence-electron chi connectivity index (χ0n) is 25.2. The molecule has 3 heteroatoms. The van der Waals surface area contributed by atoms with Crippen LogP contribution in [0.3, 0.4) is 0 Å². The van der Waals surface area contributed by atoms with Gasteiger partial charge in [-0.1, -0.05) is 127 Å². The van der Waals surface area contributed by atoms with Gasteiger partial charge in [-0.15, -0.1) is 0 Å². The molecule has 0 N–H and O–H groups in total. The van der Waals surface area contributed by atoms with Crippen LogP contribution in [0.5, 0.6) is 0 Å². The molecule has 0 aliphatic carbocycles. The second kappa shape index (κ2) is 8.47. The summed E-state index contributed by atoms with van der Waals surface area (Å²) >= 11 is 1.91. The summed E-state index contributed by atoms with van der Waals surface area (Å²) in [5, 5.41) is 17.1. The first-order chi connectivity index (χ1) is 23.3. The lowest BCUT2D eigenvalue weighted by atomic mass is 9.93. The average Bonchev–Trinajstić information content (AvgIpc) is 3.82. The van der Waals surface area contributed by atoms with E-state index in [2.05, 4.69) is 155 Å². The Morgan fingerprint density at radius 1 is 0.404 bits per heavy atom. The molecule has 4 aromatic heterocycles. The number of rotatable bonds is 2. The largest absolute Gasteiger partial charge is 0.301 e. The van der Waals surface area contributed by atoms with E-state index >= 15 is 0 Å². The number of benzene rings is 8. The maximum atomic E-state index is 2.56. The molecule has 0 saturated heterocycles. The summed E-state index contributed by atoms with van der Waals surface area (Å²) in [6.07, 6.45) is 0. The van der Waals surface area contributed by atoms with Gasteiger partial charge in [0.05, 0.1) is 22.1 Å². The molecule has 0 bridgehead atoms. The minimum absolute atomic E-state index is 1.24. The van der Waals surface area contributed by atoms with Crippen molar-refractivity contribution >= 4 is 103 Å². The van der Waals surface area contributed by atoms with Gasteiger partial charge in [0.2, 0.25) is 0 Å². The van der Waals surface area contributed by atoms with Gasteiger partial charge in [0, 0.05) is 32.3 Å². The highest BCUT2D eigenvalue weighted by Crippen LogP contribution is 2.49. The van der Waals surface area contributed by atoms with E-state index < -0.39 is 0 Å². The van der Waals surface area contributed by atoms with Crippen molar-refractivity contribution in [2.75, 3.05) is 0 Å². The van der Waals surface area contributed by atoms with Crippen molar-refractivity contribution in [2.45, 2.75) is 0 Å². The highest BCUT2D eigenvalue weighted by molar-refractivity contribution is 7.21. The van der Waals surface area contributed by atoms with Crippen molar-refractivity contribution in [3.05, 3.63) is 146 Å². The van der Waals surface area contributed by atoms with Gasteiger partial charge in [-0.25, -0.2) is 0 Å². The minimum atomic E-state index is 1.24. The third kappa shape index (κ3) is 2.88. The predicted molar refractivity (Wildman–Crippen MR) is 202 cm³/mol. The van der Waals surface area contributed by atoms with Gasteiger partial charge < -0.3 is 4.57 Å². The average molecular weight is 613 g/mol. The second-order valence-corrected chi connectivity index (χ2v) is 13.9. The van der Waals surface area contributed by atoms with Gasteiger partial charge in [-0.3, -0.25) is 4.40 Å². The molecule has 0 spiro atoms. The number of para-hydroxylation sites is 1. The van der Waals surface area contributed by atoms with Gasteiger partial charge >= 0.3 is 0 Å². The summed E-state index contributed by atoms with van der Waals surface area (Å²) in [4.78, 5) is 1.29. The summed E-state index contributed by atoms with van der Waals surface area (Å²) in [5.74, 6) is 0. The van der Waals surface area contributed by atoms with Crippen LogP contribution in [0.2, 0.25) is 0 Å². The van der Waals surface area contributed by atoms with Gasteiger partial charge in [0.15, 0.2) is 0 Å². The third-order valence-corrected chi connectivity index (χ3v) is 11.7. The highest BCUT2D eigenvalue weighted by atomic mass is 32.1. The molecule has 12 rings (SSSR count). The van der Waals surface area contributed by atoms with E-state index in [-0.39, 0.29) is 0 Å². The zero-order valence-corrected chi connectivity index (χ0v) is 26.0. The number of nitrogens with zero attached hydrogens (tertiary/aromatic N) is 2. The highest BCUT2D eigenvalue weighted by Gasteiger charge is 2.25. The summed E-state index contributed by atoms with van der Waals surface area (Å²) in [6.45, 7) is 0. The molecule has 0 saturated carbocycles. The van der Waals surface area contributed by atoms with Crippen LogP contribution in [-0.4, -0.2) is 8.97 Å². The Labute approximate surface area is 272 Å². The number of hydrogen-bond acceptors (Lipinski definition) is 1. The Morgan fingerprint density at radius 2 is 0.979 bits per heavy atom. The minimum Gasteiger partial charge on any atom is -0.301 e. The Balaban J connectivity index is 1.29. The van der Waals surface area contributed by atoms with Gasteiger partial charge in [-0.05, 0) is 73.8 Å². The van der Waals surface area contributed by atoms with E-state index in [1.54, 1.807) is 0 Å². The lowest BCUT2D eigenvalue weighted by molar-refractivity contribution is 1.23. The summed E-state index contributed by atoms with van der Waals surface area (Å²) in [5.41, 5.74) is 7.66. The van der Waals surface area contributed by atoms with Crippen molar-refractivity contribution in [3.63, 3.8) is 0 Å². The van der Waals surface area contributed by atoms with E-state index in [1.807, 2.05) is 11.3 Å². The predicted octanol–water partition coefficient (Wildman–Crippen LogP) is 12.6. The molecular weight excluding hydrogens is 589 g/mol. The molecule has 0 amide bonds. The molecule has 0 atom stereocenters. The van der Waals surface area contributed by atoms with Crippen molar-refractivity contribution < 1.29 is 0 Å². The van der Waals surface area contributed by atoms with Crippen LogP contribution in [0, 0.1) is 0 Å². The van der Waals surface area contributed by atoms with Crippen molar-refractivity contribution in [1.82, 2.24) is 8.97 Å². The molecular formula is C44H24N2S. The molecule has 4 heterocycles. The van der Waals surface area contributed by atoms with Crippen molar-refractivity contribution in [3.8, 4) is 16.1 Å². The monoisotopic (exact) mass is 612 g/mol. The van der Waals surface area contributed by atoms with Gasteiger partial charge in [-0.2, -0.15) is 0 Å². The summed E-state index contributed by atoms with van der Waals surface area (Å²) < 4.78 is 5.09. The molecule has 2 nitrogen and oxygen atoms in total. The van der Waals surface area contributed by atoms with E-state index in [1.165, 1.54) is 108 Å². The number of thiophene rings is 1. The fraction of sp³-hybridized carbons (Fsp3) is 0. The molecule has 12 aromatic rings. The third-order valence-electron chi connectivity index (χ3n) is 10.6. The first kappa shape index (κ1) is 24.3. The first-order valence-electron chi connectivity index (χ1n) is 16.2. The van der Waals surface area contributed by atoms with Crippen LogP contribution in [-0.2, 0) is 0 Å². The van der Waals surface area contributed by atoms with Crippen molar-refractivity contribution in [2.24, 2.45) is 0 Å². The maximum absolute atomic E-state index is 2.56. The Bertz CT molecular complexity index is 3140. The smallest absolute Gasteiger partial charge is 0.110 e. The van der Waals surface area contributed by atoms with Crippen LogP contribution < -0.4 is 0 Å². The summed E-state index contributed by atoms with van der Waals surface area (Å²) in [7, 11) is 0. The molecule has 0 radical (unpaired) electrons. The van der Waals surface area contributed by atoms with Crippen LogP contribution in [0.25, 0.3) is 108 Å². The Kier molecular flexibility index (Phi) is 4.39. The zero-order chi connectivity index (χ0) is 30.4. The summed E-state index contributed by atoms with van der Waals surface area (Å²) in [6, 6.07) is 54.1. The van der Waals surface area contributed by atoms with Gasteiger partial charge in [0.1, 0.15) is 9.83 Å². The molecule has 216 valence electrons. The maximum Gasteiger partial charge on any atom is 0.110 e. The fourth-order valence-corrected chi connectivity index (χ4v) is 10.0. The number of aromatic nitrogens is 2. The molecule has 0 aliphatic rings. The van der Waals surface area contributed by atoms with E-state index in [0.29, 0.717) is 0 Å². The molecule has 47 heavy (non-hydrogen) atoms. The number of pyridine rings is 1.